The third-order valence-electron chi connectivity index (χ3n) is 3.18. The van der Waals surface area contributed by atoms with Gasteiger partial charge in [0.25, 0.3) is 0 Å². The number of carbonyl (C=O) groups is 2. The Hall–Kier alpha value is -2.57. The van der Waals surface area contributed by atoms with Crippen LogP contribution in [0.25, 0.3) is 11.1 Å². The lowest BCUT2D eigenvalue weighted by Crippen LogP contribution is -2.53. The van der Waals surface area contributed by atoms with E-state index in [1.54, 1.807) is 25.1 Å². The molecule has 0 aliphatic heterocycles. The van der Waals surface area contributed by atoms with Crippen LogP contribution in [0, 0.1) is 12.3 Å². The number of nitrogens with zero attached hydrogens (tertiary/aromatic N) is 1. The number of urea groups is 1. The summed E-state index contributed by atoms with van der Waals surface area (Å²) in [5, 5.41) is 5.23. The van der Waals surface area contributed by atoms with Crippen molar-refractivity contribution in [2.45, 2.75) is 33.7 Å². The fraction of sp³-hybridized carbons (Fsp3) is 0.400. The van der Waals surface area contributed by atoms with Gasteiger partial charge in [0.15, 0.2) is 11.5 Å². The maximum absolute atomic E-state index is 12.4. The summed E-state index contributed by atoms with van der Waals surface area (Å²) in [7, 11) is 0. The highest BCUT2D eigenvalue weighted by molar-refractivity contribution is 5.98. The van der Waals surface area contributed by atoms with E-state index >= 15 is 0 Å². The molecule has 0 bridgehead atoms. The first-order chi connectivity index (χ1) is 10.2. The number of anilines is 1. The van der Waals surface area contributed by atoms with Crippen LogP contribution >= 0.6 is 0 Å². The largest absolute Gasteiger partial charge is 0.441 e. The molecule has 0 spiro atoms. The molecule has 0 aliphatic rings. The van der Waals surface area contributed by atoms with Crippen molar-refractivity contribution >= 4 is 28.7 Å². The van der Waals surface area contributed by atoms with Crippen molar-refractivity contribution in [3.63, 3.8) is 0 Å². The zero-order chi connectivity index (χ0) is 16.5. The maximum Gasteiger partial charge on any atom is 0.312 e. The minimum Gasteiger partial charge on any atom is -0.441 e. The lowest BCUT2D eigenvalue weighted by Gasteiger charge is -2.29. The van der Waals surface area contributed by atoms with Crippen molar-refractivity contribution < 1.29 is 14.0 Å². The summed E-state index contributed by atoms with van der Waals surface area (Å²) in [6, 6.07) is 3.69. The van der Waals surface area contributed by atoms with Crippen LogP contribution in [-0.4, -0.2) is 23.0 Å². The molecule has 4 N–H and O–H groups in total. The van der Waals surface area contributed by atoms with Gasteiger partial charge in [0.1, 0.15) is 11.6 Å². The van der Waals surface area contributed by atoms with Crippen molar-refractivity contribution in [1.29, 1.82) is 0 Å². The summed E-state index contributed by atoms with van der Waals surface area (Å²) in [6.45, 7) is 7.28. The van der Waals surface area contributed by atoms with Crippen molar-refractivity contribution in [2.75, 3.05) is 5.32 Å². The van der Waals surface area contributed by atoms with Gasteiger partial charge in [0, 0.05) is 18.7 Å². The van der Waals surface area contributed by atoms with E-state index in [0.29, 0.717) is 17.2 Å². The topological polar surface area (TPSA) is 110 Å². The van der Waals surface area contributed by atoms with Crippen LogP contribution in [0.15, 0.2) is 22.6 Å². The third kappa shape index (κ3) is 3.55. The molecule has 118 valence electrons. The molecule has 1 atom stereocenters. The number of oxazole rings is 1. The van der Waals surface area contributed by atoms with E-state index in [1.807, 2.05) is 20.8 Å². The van der Waals surface area contributed by atoms with Gasteiger partial charge in [-0.25, -0.2) is 9.78 Å². The summed E-state index contributed by atoms with van der Waals surface area (Å²) < 4.78 is 5.43. The fourth-order valence-electron chi connectivity index (χ4n) is 2.15. The number of rotatable bonds is 3. The number of aryl methyl sites for hydroxylation is 1. The molecule has 2 aromatic rings. The Balaban J connectivity index is 2.21. The molecule has 7 heteroatoms. The Labute approximate surface area is 128 Å². The van der Waals surface area contributed by atoms with Gasteiger partial charge in [-0.15, -0.1) is 0 Å². The average molecular weight is 304 g/mol. The minimum atomic E-state index is -0.753. The fourth-order valence-corrected chi connectivity index (χ4v) is 2.15. The number of nitrogens with one attached hydrogen (secondary N) is 2. The number of amides is 3. The van der Waals surface area contributed by atoms with Crippen molar-refractivity contribution in [3.05, 3.63) is 24.1 Å². The Kier molecular flexibility index (Phi) is 4.07. The molecule has 1 aromatic heterocycles. The molecule has 0 saturated carbocycles. The molecule has 1 aromatic carbocycles. The van der Waals surface area contributed by atoms with Crippen LogP contribution in [0.2, 0.25) is 0 Å². The molecule has 2 rings (SSSR count). The highest BCUT2D eigenvalue weighted by Gasteiger charge is 2.32. The van der Waals surface area contributed by atoms with Gasteiger partial charge >= 0.3 is 6.03 Å². The number of carbonyl (C=O) groups excluding carboxylic acids is 2. The number of hydrogen-bond donors (Lipinski definition) is 3. The Bertz CT molecular complexity index is 715. The van der Waals surface area contributed by atoms with Crippen molar-refractivity contribution in [1.82, 2.24) is 10.3 Å². The van der Waals surface area contributed by atoms with Crippen LogP contribution in [0.4, 0.5) is 10.5 Å². The van der Waals surface area contributed by atoms with Crippen LogP contribution in [-0.2, 0) is 4.79 Å². The normalized spacial score (nSPS) is 12.9. The molecule has 0 fully saturated rings. The van der Waals surface area contributed by atoms with E-state index in [4.69, 9.17) is 10.2 Å². The molecule has 7 nitrogen and oxygen atoms in total. The second kappa shape index (κ2) is 5.67. The quantitative estimate of drug-likeness (QED) is 0.806. The number of benzene rings is 1. The van der Waals surface area contributed by atoms with E-state index in [9.17, 15) is 9.59 Å². The molecular weight excluding hydrogens is 284 g/mol. The summed E-state index contributed by atoms with van der Waals surface area (Å²) in [5.41, 5.74) is 6.54. The number of primary amides is 1. The lowest BCUT2D eigenvalue weighted by molar-refractivity contribution is -0.120. The second-order valence-electron chi connectivity index (χ2n) is 6.21. The van der Waals surface area contributed by atoms with Gasteiger partial charge in [-0.1, -0.05) is 20.8 Å². The van der Waals surface area contributed by atoms with Crippen molar-refractivity contribution in [2.24, 2.45) is 11.1 Å². The van der Waals surface area contributed by atoms with E-state index in [0.717, 1.165) is 5.52 Å². The molecule has 0 saturated heterocycles. The molecular formula is C15H20N4O3. The zero-order valence-corrected chi connectivity index (χ0v) is 13.1. The van der Waals surface area contributed by atoms with Crippen LogP contribution in [0.3, 0.4) is 0 Å². The Morgan fingerprint density at radius 1 is 1.32 bits per heavy atom. The second-order valence-corrected chi connectivity index (χ2v) is 6.21. The number of fused-ring (bicyclic) bond motifs is 1. The smallest absolute Gasteiger partial charge is 0.312 e. The summed E-state index contributed by atoms with van der Waals surface area (Å²) in [5.74, 6) is 0.211. The van der Waals surface area contributed by atoms with Crippen LogP contribution in [0.5, 0.6) is 0 Å². The van der Waals surface area contributed by atoms with Gasteiger partial charge in [-0.3, -0.25) is 4.79 Å². The summed E-state index contributed by atoms with van der Waals surface area (Å²) in [4.78, 5) is 27.7. The van der Waals surface area contributed by atoms with Gasteiger partial charge < -0.3 is 20.8 Å². The number of hydrogen-bond acceptors (Lipinski definition) is 4. The highest BCUT2D eigenvalue weighted by Crippen LogP contribution is 2.23. The monoisotopic (exact) mass is 304 g/mol. The summed E-state index contributed by atoms with van der Waals surface area (Å²) >= 11 is 0. The van der Waals surface area contributed by atoms with E-state index in [1.165, 1.54) is 0 Å². The molecule has 22 heavy (non-hydrogen) atoms. The lowest BCUT2D eigenvalue weighted by atomic mass is 9.86. The first-order valence-corrected chi connectivity index (χ1v) is 6.91. The van der Waals surface area contributed by atoms with E-state index < -0.39 is 17.5 Å². The first kappa shape index (κ1) is 15.8. The summed E-state index contributed by atoms with van der Waals surface area (Å²) in [6.07, 6.45) is 0. The predicted octanol–water partition coefficient (Wildman–Crippen LogP) is 2.16. The molecule has 3 amide bonds. The first-order valence-electron chi connectivity index (χ1n) is 6.91. The molecule has 0 radical (unpaired) electrons. The Morgan fingerprint density at radius 2 is 2.00 bits per heavy atom. The van der Waals surface area contributed by atoms with Gasteiger partial charge in [0.05, 0.1) is 0 Å². The van der Waals surface area contributed by atoms with Crippen LogP contribution in [0.1, 0.15) is 26.7 Å². The van der Waals surface area contributed by atoms with Gasteiger partial charge in [-0.05, 0) is 17.5 Å². The van der Waals surface area contributed by atoms with Gasteiger partial charge in [0.2, 0.25) is 5.91 Å². The number of nitrogens with two attached hydrogens (primary N) is 1. The highest BCUT2D eigenvalue weighted by atomic mass is 16.3. The van der Waals surface area contributed by atoms with E-state index in [-0.39, 0.29) is 5.91 Å². The van der Waals surface area contributed by atoms with Crippen molar-refractivity contribution in [3.8, 4) is 0 Å². The standard InChI is InChI=1S/C15H20N4O3/c1-8-17-10-6-5-9(7-11(10)22-8)18-13(20)12(15(2,3)4)19-14(16)21/h5-7,12H,1-4H3,(H,18,20)(H3,16,19,21)/t12-/m1/s1. The number of aromatic nitrogens is 1. The minimum absolute atomic E-state index is 0.345. The molecule has 0 unspecified atom stereocenters. The van der Waals surface area contributed by atoms with Gasteiger partial charge in [-0.2, -0.15) is 0 Å². The zero-order valence-electron chi connectivity index (χ0n) is 13.1. The SMILES string of the molecule is Cc1nc2ccc(NC(=O)[C@@H](NC(N)=O)C(C)(C)C)cc2o1. The third-order valence-corrected chi connectivity index (χ3v) is 3.18. The van der Waals surface area contributed by atoms with Crippen LogP contribution < -0.4 is 16.4 Å². The molecule has 1 heterocycles. The van der Waals surface area contributed by atoms with E-state index in [2.05, 4.69) is 15.6 Å². The molecule has 0 aliphatic carbocycles. The average Bonchev–Trinajstić information content (AvgIpc) is 2.73. The maximum atomic E-state index is 12.4. The Morgan fingerprint density at radius 3 is 2.59 bits per heavy atom. The predicted molar refractivity (Wildman–Crippen MR) is 83.3 cm³/mol.